The molecule has 0 heterocycles. The van der Waals surface area contributed by atoms with Crippen LogP contribution in [-0.2, 0) is 0 Å². The van der Waals surface area contributed by atoms with Crippen molar-refractivity contribution in [2.75, 3.05) is 0 Å². The standard InChI is InChI=1S/C6H6O.CH2O3.K.H/c7-6-4-2-1-3-5-6;2-1(3)4;;/h1-5,7H;(H2,2,3,4);;. The van der Waals surface area contributed by atoms with E-state index in [1.807, 2.05) is 6.07 Å². The van der Waals surface area contributed by atoms with Crippen molar-refractivity contribution in [1.29, 1.82) is 0 Å². The van der Waals surface area contributed by atoms with Crippen LogP contribution in [-0.4, -0.2) is 72.9 Å². The Balaban J connectivity index is 0. The van der Waals surface area contributed by atoms with Crippen molar-refractivity contribution in [3.63, 3.8) is 0 Å². The molecule has 0 aromatic heterocycles. The molecule has 1 aromatic rings. The maximum atomic E-state index is 8.63. The molecule has 0 saturated carbocycles. The van der Waals surface area contributed by atoms with Crippen LogP contribution in [0, 0.1) is 0 Å². The second-order valence-electron chi connectivity index (χ2n) is 1.62. The fraction of sp³-hybridized carbons (Fsp3) is 0. The van der Waals surface area contributed by atoms with E-state index in [0.717, 1.165) is 0 Å². The second-order valence-corrected chi connectivity index (χ2v) is 1.62. The number of hydrogen-bond acceptors (Lipinski definition) is 2. The molecule has 4 nitrogen and oxygen atoms in total. The fourth-order valence-electron chi connectivity index (χ4n) is 0.428. The molecule has 0 unspecified atom stereocenters. The van der Waals surface area contributed by atoms with Crippen LogP contribution in [0.4, 0.5) is 4.79 Å². The van der Waals surface area contributed by atoms with Gasteiger partial charge >= 0.3 is 57.5 Å². The molecular weight excluding hydrogens is 187 g/mol. The van der Waals surface area contributed by atoms with Gasteiger partial charge in [0.15, 0.2) is 0 Å². The zero-order valence-electron chi connectivity index (χ0n) is 5.64. The van der Waals surface area contributed by atoms with Gasteiger partial charge in [-0.2, -0.15) is 0 Å². The molecule has 0 bridgehead atoms. The first-order valence-electron chi connectivity index (χ1n) is 2.79. The van der Waals surface area contributed by atoms with E-state index in [4.69, 9.17) is 20.1 Å². The Kier molecular flexibility index (Phi) is 10.9. The molecule has 1 rings (SSSR count). The van der Waals surface area contributed by atoms with E-state index in [-0.39, 0.29) is 51.4 Å². The van der Waals surface area contributed by atoms with Crippen LogP contribution in [0.1, 0.15) is 0 Å². The number of carbonyl (C=O) groups is 1. The van der Waals surface area contributed by atoms with E-state index in [0.29, 0.717) is 5.75 Å². The average Bonchev–Trinajstić information content (AvgIpc) is 1.87. The minimum atomic E-state index is -1.83. The molecule has 0 radical (unpaired) electrons. The van der Waals surface area contributed by atoms with E-state index < -0.39 is 6.16 Å². The van der Waals surface area contributed by atoms with Crippen LogP contribution in [0.2, 0.25) is 0 Å². The SMILES string of the molecule is O=C(O)O.Oc1ccccc1.[KH]. The monoisotopic (exact) mass is 196 g/mol. The Morgan fingerprint density at radius 1 is 1.08 bits per heavy atom. The molecule has 0 amide bonds. The molecule has 0 spiro atoms. The molecule has 62 valence electrons. The number of carboxylic acid groups (broad SMARTS) is 2. The third-order valence-corrected chi connectivity index (χ3v) is 0.756. The summed E-state index contributed by atoms with van der Waals surface area (Å²) in [6.45, 7) is 0. The number of para-hydroxylation sites is 1. The first-order valence-corrected chi connectivity index (χ1v) is 2.79. The van der Waals surface area contributed by atoms with Gasteiger partial charge in [-0.05, 0) is 12.1 Å². The van der Waals surface area contributed by atoms with Crippen LogP contribution < -0.4 is 0 Å². The van der Waals surface area contributed by atoms with Crippen molar-refractivity contribution in [2.24, 2.45) is 0 Å². The predicted octanol–water partition coefficient (Wildman–Crippen LogP) is 0.966. The normalized spacial score (nSPS) is 7.00. The van der Waals surface area contributed by atoms with Crippen molar-refractivity contribution in [1.82, 2.24) is 0 Å². The number of benzene rings is 1. The molecule has 3 N–H and O–H groups in total. The first-order chi connectivity index (χ1) is 5.13. The summed E-state index contributed by atoms with van der Waals surface area (Å²) in [6, 6.07) is 8.71. The first kappa shape index (κ1) is 14.5. The van der Waals surface area contributed by atoms with Crippen LogP contribution in [0.5, 0.6) is 5.75 Å². The molecule has 5 heteroatoms. The minimum absolute atomic E-state index is 0. The van der Waals surface area contributed by atoms with Gasteiger partial charge in [0.05, 0.1) is 0 Å². The maximum absolute atomic E-state index is 8.63. The van der Waals surface area contributed by atoms with Crippen molar-refractivity contribution in [3.8, 4) is 5.75 Å². The summed E-state index contributed by atoms with van der Waals surface area (Å²) in [4.78, 5) is 8.56. The molecule has 0 fully saturated rings. The zero-order valence-corrected chi connectivity index (χ0v) is 5.64. The van der Waals surface area contributed by atoms with Crippen molar-refractivity contribution in [3.05, 3.63) is 30.3 Å². The van der Waals surface area contributed by atoms with Crippen molar-refractivity contribution >= 4 is 57.5 Å². The molecule has 1 aromatic carbocycles. The summed E-state index contributed by atoms with van der Waals surface area (Å²) < 4.78 is 0. The number of phenolic OH excluding ortho intramolecular Hbond substituents is 1. The summed E-state index contributed by atoms with van der Waals surface area (Å²) in [5.74, 6) is 0.322. The summed E-state index contributed by atoms with van der Waals surface area (Å²) >= 11 is 0. The Morgan fingerprint density at radius 2 is 1.42 bits per heavy atom. The van der Waals surface area contributed by atoms with E-state index in [1.165, 1.54) is 0 Å². The zero-order chi connectivity index (χ0) is 8.69. The summed E-state index contributed by atoms with van der Waals surface area (Å²) in [5.41, 5.74) is 0. The summed E-state index contributed by atoms with van der Waals surface area (Å²) in [5, 5.41) is 22.6. The van der Waals surface area contributed by atoms with Gasteiger partial charge in [0.1, 0.15) is 5.75 Å². The van der Waals surface area contributed by atoms with Crippen LogP contribution in [0.3, 0.4) is 0 Å². The van der Waals surface area contributed by atoms with Crippen LogP contribution >= 0.6 is 0 Å². The van der Waals surface area contributed by atoms with Gasteiger partial charge in [-0.25, -0.2) is 4.79 Å². The van der Waals surface area contributed by atoms with E-state index in [2.05, 4.69) is 0 Å². The second kappa shape index (κ2) is 9.02. The molecule has 0 aliphatic rings. The number of aromatic hydroxyl groups is 1. The van der Waals surface area contributed by atoms with E-state index in [9.17, 15) is 0 Å². The molecule has 0 aliphatic carbocycles. The molecule has 12 heavy (non-hydrogen) atoms. The van der Waals surface area contributed by atoms with Gasteiger partial charge < -0.3 is 15.3 Å². The Hall–Kier alpha value is -0.0736. The Bertz CT molecular complexity index is 208. The van der Waals surface area contributed by atoms with Crippen LogP contribution in [0.25, 0.3) is 0 Å². The van der Waals surface area contributed by atoms with Crippen molar-refractivity contribution in [2.45, 2.75) is 0 Å². The van der Waals surface area contributed by atoms with Gasteiger partial charge in [-0.3, -0.25) is 0 Å². The fourth-order valence-corrected chi connectivity index (χ4v) is 0.428. The van der Waals surface area contributed by atoms with Gasteiger partial charge in [0.25, 0.3) is 0 Å². The van der Waals surface area contributed by atoms with Gasteiger partial charge in [0.2, 0.25) is 0 Å². The molecule has 0 atom stereocenters. The summed E-state index contributed by atoms with van der Waals surface area (Å²) in [6.07, 6.45) is -1.83. The van der Waals surface area contributed by atoms with Crippen molar-refractivity contribution < 1.29 is 20.1 Å². The molecule has 0 saturated heterocycles. The van der Waals surface area contributed by atoms with Gasteiger partial charge in [-0.15, -0.1) is 0 Å². The molecule has 0 aliphatic heterocycles. The number of hydrogen-bond donors (Lipinski definition) is 3. The third kappa shape index (κ3) is 12.6. The Morgan fingerprint density at radius 3 is 1.58 bits per heavy atom. The summed E-state index contributed by atoms with van der Waals surface area (Å²) in [7, 11) is 0. The predicted molar refractivity (Wildman–Crippen MR) is 45.9 cm³/mol. The number of rotatable bonds is 0. The van der Waals surface area contributed by atoms with Gasteiger partial charge in [0, 0.05) is 0 Å². The van der Waals surface area contributed by atoms with Gasteiger partial charge in [-0.1, -0.05) is 18.2 Å². The van der Waals surface area contributed by atoms with E-state index >= 15 is 0 Å². The molecular formula is C7H9KO4. The van der Waals surface area contributed by atoms with E-state index in [1.54, 1.807) is 24.3 Å². The third-order valence-electron chi connectivity index (χ3n) is 0.756. The quantitative estimate of drug-likeness (QED) is 0.540. The Labute approximate surface area is 112 Å². The van der Waals surface area contributed by atoms with Crippen LogP contribution in [0.15, 0.2) is 30.3 Å². The topological polar surface area (TPSA) is 77.8 Å². The number of phenols is 1. The average molecular weight is 196 g/mol.